The summed E-state index contributed by atoms with van der Waals surface area (Å²) in [6.07, 6.45) is 2.15. The van der Waals surface area contributed by atoms with Gasteiger partial charge in [0.1, 0.15) is 12.2 Å². The van der Waals surface area contributed by atoms with Crippen LogP contribution in [0, 0.1) is 0 Å². The van der Waals surface area contributed by atoms with Gasteiger partial charge in [0.15, 0.2) is 0 Å². The van der Waals surface area contributed by atoms with Gasteiger partial charge in [0, 0.05) is 23.7 Å². The van der Waals surface area contributed by atoms with Crippen molar-refractivity contribution in [2.45, 2.75) is 25.9 Å². The molecule has 1 heterocycles. The van der Waals surface area contributed by atoms with Crippen LogP contribution < -0.4 is 17.0 Å². The van der Waals surface area contributed by atoms with E-state index in [1.165, 1.54) is 6.33 Å². The largest absolute Gasteiger partial charge is 0.398 e. The number of nitrogen functional groups attached to an aromatic ring is 1. The molecule has 0 saturated heterocycles. The average Bonchev–Trinajstić information content (AvgIpc) is 2.84. The standard InChI is InChI=1S/C12H17ClN6/c1-2-19-12(16-7-17-19)6-11(18-15)9-4-3-8(13)5-10(9)14/h3-5,7,11,18H,2,6,14-15H2,1H3. The van der Waals surface area contributed by atoms with Gasteiger partial charge in [0.2, 0.25) is 0 Å². The molecule has 0 aliphatic heterocycles. The van der Waals surface area contributed by atoms with Gasteiger partial charge >= 0.3 is 0 Å². The first-order valence-electron chi connectivity index (χ1n) is 6.03. The Morgan fingerprint density at radius 3 is 2.89 bits per heavy atom. The zero-order chi connectivity index (χ0) is 13.8. The molecule has 0 fully saturated rings. The third kappa shape index (κ3) is 3.04. The molecular weight excluding hydrogens is 264 g/mol. The van der Waals surface area contributed by atoms with Crippen LogP contribution in [0.5, 0.6) is 0 Å². The summed E-state index contributed by atoms with van der Waals surface area (Å²) in [4.78, 5) is 4.24. The van der Waals surface area contributed by atoms with Crippen LogP contribution in [0.2, 0.25) is 5.02 Å². The van der Waals surface area contributed by atoms with E-state index in [4.69, 9.17) is 23.2 Å². The van der Waals surface area contributed by atoms with Crippen molar-refractivity contribution >= 4 is 17.3 Å². The van der Waals surface area contributed by atoms with Gasteiger partial charge in [-0.25, -0.2) is 4.98 Å². The maximum atomic E-state index is 5.97. The Balaban J connectivity index is 2.25. The zero-order valence-corrected chi connectivity index (χ0v) is 11.4. The van der Waals surface area contributed by atoms with Gasteiger partial charge in [-0.05, 0) is 24.6 Å². The van der Waals surface area contributed by atoms with E-state index < -0.39 is 0 Å². The fourth-order valence-electron chi connectivity index (χ4n) is 2.01. The van der Waals surface area contributed by atoms with Gasteiger partial charge in [-0.2, -0.15) is 5.10 Å². The fraction of sp³-hybridized carbons (Fsp3) is 0.333. The van der Waals surface area contributed by atoms with Crippen LogP contribution in [-0.2, 0) is 13.0 Å². The third-order valence-corrected chi connectivity index (χ3v) is 3.24. The van der Waals surface area contributed by atoms with E-state index in [0.717, 1.165) is 17.9 Å². The molecule has 1 unspecified atom stereocenters. The Bertz CT molecular complexity index is 553. The van der Waals surface area contributed by atoms with Crippen molar-refractivity contribution in [3.8, 4) is 0 Å². The normalized spacial score (nSPS) is 12.6. The quantitative estimate of drug-likeness (QED) is 0.436. The second-order valence-corrected chi connectivity index (χ2v) is 4.63. The minimum Gasteiger partial charge on any atom is -0.398 e. The van der Waals surface area contributed by atoms with Gasteiger partial charge < -0.3 is 5.73 Å². The number of anilines is 1. The highest BCUT2D eigenvalue weighted by Gasteiger charge is 2.16. The molecule has 0 bridgehead atoms. The number of hydrogen-bond acceptors (Lipinski definition) is 5. The summed E-state index contributed by atoms with van der Waals surface area (Å²) in [5.74, 6) is 6.48. The Labute approximate surface area is 116 Å². The second kappa shape index (κ2) is 6.01. The van der Waals surface area contributed by atoms with Crippen molar-refractivity contribution in [3.63, 3.8) is 0 Å². The van der Waals surface area contributed by atoms with Crippen LogP contribution >= 0.6 is 11.6 Å². The molecule has 2 aromatic rings. The van der Waals surface area contributed by atoms with Gasteiger partial charge in [-0.3, -0.25) is 16.0 Å². The number of hydrazine groups is 1. The van der Waals surface area contributed by atoms with E-state index in [1.807, 2.05) is 17.7 Å². The summed E-state index contributed by atoms with van der Waals surface area (Å²) in [7, 11) is 0. The van der Waals surface area contributed by atoms with Gasteiger partial charge in [-0.1, -0.05) is 17.7 Å². The van der Waals surface area contributed by atoms with Crippen LogP contribution in [-0.4, -0.2) is 14.8 Å². The summed E-state index contributed by atoms with van der Waals surface area (Å²) < 4.78 is 1.83. The average molecular weight is 281 g/mol. The van der Waals surface area contributed by atoms with Crippen molar-refractivity contribution in [1.29, 1.82) is 0 Å². The molecule has 7 heteroatoms. The molecule has 0 amide bonds. The van der Waals surface area contributed by atoms with E-state index in [9.17, 15) is 0 Å². The highest BCUT2D eigenvalue weighted by atomic mass is 35.5. The van der Waals surface area contributed by atoms with E-state index in [2.05, 4.69) is 15.5 Å². The molecule has 5 N–H and O–H groups in total. The molecule has 6 nitrogen and oxygen atoms in total. The number of nitrogens with one attached hydrogen (secondary N) is 1. The molecule has 0 radical (unpaired) electrons. The van der Waals surface area contributed by atoms with Crippen LogP contribution in [0.25, 0.3) is 0 Å². The molecule has 0 saturated carbocycles. The number of benzene rings is 1. The van der Waals surface area contributed by atoms with E-state index in [1.54, 1.807) is 12.1 Å². The Kier molecular flexibility index (Phi) is 4.36. The molecule has 19 heavy (non-hydrogen) atoms. The third-order valence-electron chi connectivity index (χ3n) is 3.01. The van der Waals surface area contributed by atoms with Crippen LogP contribution in [0.15, 0.2) is 24.5 Å². The summed E-state index contributed by atoms with van der Waals surface area (Å²) in [6.45, 7) is 2.78. The lowest BCUT2D eigenvalue weighted by molar-refractivity contribution is 0.511. The van der Waals surface area contributed by atoms with Crippen molar-refractivity contribution in [2.24, 2.45) is 5.84 Å². The molecule has 0 aliphatic rings. The molecule has 1 aromatic carbocycles. The number of aryl methyl sites for hydroxylation is 1. The predicted octanol–water partition coefficient (Wildman–Crippen LogP) is 1.28. The predicted molar refractivity (Wildman–Crippen MR) is 75.3 cm³/mol. The lowest BCUT2D eigenvalue weighted by atomic mass is 10.0. The van der Waals surface area contributed by atoms with Gasteiger partial charge in [0.25, 0.3) is 0 Å². The number of nitrogens with zero attached hydrogens (tertiary/aromatic N) is 3. The van der Waals surface area contributed by atoms with E-state index in [-0.39, 0.29) is 6.04 Å². The van der Waals surface area contributed by atoms with Crippen molar-refractivity contribution < 1.29 is 0 Å². The molecule has 102 valence electrons. The van der Waals surface area contributed by atoms with Crippen LogP contribution in [0.1, 0.15) is 24.4 Å². The number of aromatic nitrogens is 3. The molecular formula is C12H17ClN6. The van der Waals surface area contributed by atoms with Crippen molar-refractivity contribution in [2.75, 3.05) is 5.73 Å². The number of rotatable bonds is 5. The fourth-order valence-corrected chi connectivity index (χ4v) is 2.20. The summed E-state index contributed by atoms with van der Waals surface area (Å²) >= 11 is 5.90. The zero-order valence-electron chi connectivity index (χ0n) is 10.7. The van der Waals surface area contributed by atoms with Crippen LogP contribution in [0.4, 0.5) is 5.69 Å². The highest BCUT2D eigenvalue weighted by Crippen LogP contribution is 2.25. The minimum atomic E-state index is -0.133. The molecule has 0 spiro atoms. The number of hydrogen-bond donors (Lipinski definition) is 3. The Morgan fingerprint density at radius 2 is 2.26 bits per heavy atom. The number of halogens is 1. The summed E-state index contributed by atoms with van der Waals surface area (Å²) in [5, 5.41) is 4.74. The van der Waals surface area contributed by atoms with E-state index in [0.29, 0.717) is 17.1 Å². The van der Waals surface area contributed by atoms with Gasteiger partial charge in [-0.15, -0.1) is 0 Å². The highest BCUT2D eigenvalue weighted by molar-refractivity contribution is 6.30. The maximum Gasteiger partial charge on any atom is 0.138 e. The topological polar surface area (TPSA) is 94.8 Å². The monoisotopic (exact) mass is 280 g/mol. The lowest BCUT2D eigenvalue weighted by Gasteiger charge is -2.18. The first-order chi connectivity index (χ1) is 9.15. The first kappa shape index (κ1) is 13.8. The Hall–Kier alpha value is -1.63. The Morgan fingerprint density at radius 1 is 1.47 bits per heavy atom. The van der Waals surface area contributed by atoms with Crippen LogP contribution in [0.3, 0.4) is 0 Å². The van der Waals surface area contributed by atoms with Crippen molar-refractivity contribution in [1.82, 2.24) is 20.2 Å². The smallest absolute Gasteiger partial charge is 0.138 e. The van der Waals surface area contributed by atoms with Crippen molar-refractivity contribution in [3.05, 3.63) is 40.9 Å². The molecule has 1 atom stereocenters. The second-order valence-electron chi connectivity index (χ2n) is 4.19. The molecule has 1 aromatic heterocycles. The SMILES string of the molecule is CCn1ncnc1CC(NN)c1ccc(Cl)cc1N. The molecule has 0 aliphatic carbocycles. The summed E-state index contributed by atoms with van der Waals surface area (Å²) in [6, 6.07) is 5.25. The first-order valence-corrected chi connectivity index (χ1v) is 6.41. The minimum absolute atomic E-state index is 0.133. The summed E-state index contributed by atoms with van der Waals surface area (Å²) in [5.41, 5.74) is 10.2. The van der Waals surface area contributed by atoms with Gasteiger partial charge in [0.05, 0.1) is 6.04 Å². The lowest BCUT2D eigenvalue weighted by Crippen LogP contribution is -2.31. The maximum absolute atomic E-state index is 5.97. The number of nitrogens with two attached hydrogens (primary N) is 2. The molecule has 2 rings (SSSR count). The van der Waals surface area contributed by atoms with E-state index >= 15 is 0 Å².